The minimum absolute atomic E-state index is 0.644. The summed E-state index contributed by atoms with van der Waals surface area (Å²) >= 11 is 0. The highest BCUT2D eigenvalue weighted by Crippen LogP contribution is 2.13. The highest BCUT2D eigenvalue weighted by molar-refractivity contribution is 5.51. The Kier molecular flexibility index (Phi) is 4.78. The molecule has 1 aliphatic heterocycles. The Morgan fingerprint density at radius 3 is 2.94 bits per heavy atom. The number of nitrogen functional groups attached to an aromatic ring is 1. The molecule has 0 aromatic carbocycles. The van der Waals surface area contributed by atoms with E-state index in [1.165, 1.54) is 32.5 Å². The quantitative estimate of drug-likeness (QED) is 0.527. The molecule has 0 radical (unpaired) electrons. The molecule has 2 rings (SSSR count). The van der Waals surface area contributed by atoms with E-state index in [4.69, 9.17) is 5.84 Å². The van der Waals surface area contributed by atoms with Gasteiger partial charge in [-0.3, -0.25) is 0 Å². The number of pyridine rings is 1. The van der Waals surface area contributed by atoms with Crippen LogP contribution in [-0.2, 0) is 0 Å². The number of hydrazine groups is 1. The van der Waals surface area contributed by atoms with E-state index in [9.17, 15) is 0 Å². The standard InChI is InChI=1S/C13H23N5/c1-11(10-18-6-2-3-7-18)9-16-12-4-5-15-13(8-12)17-14/h4-5,8,11H,2-3,6-7,9-10,14H2,1H3,(H2,15,16,17). The van der Waals surface area contributed by atoms with Gasteiger partial charge in [-0.05, 0) is 37.9 Å². The molecular weight excluding hydrogens is 226 g/mol. The maximum absolute atomic E-state index is 5.34. The monoisotopic (exact) mass is 249 g/mol. The highest BCUT2D eigenvalue weighted by Gasteiger charge is 2.14. The van der Waals surface area contributed by atoms with Crippen molar-refractivity contribution in [3.8, 4) is 0 Å². The molecule has 5 nitrogen and oxygen atoms in total. The Labute approximate surface area is 109 Å². The van der Waals surface area contributed by atoms with Crippen LogP contribution in [0.25, 0.3) is 0 Å². The molecular formula is C13H23N5. The maximum Gasteiger partial charge on any atom is 0.141 e. The first kappa shape index (κ1) is 13.1. The van der Waals surface area contributed by atoms with Gasteiger partial charge in [0.1, 0.15) is 5.82 Å². The van der Waals surface area contributed by atoms with E-state index in [0.717, 1.165) is 12.2 Å². The normalized spacial score (nSPS) is 17.7. The first-order valence-electron chi connectivity index (χ1n) is 6.67. The van der Waals surface area contributed by atoms with Crippen LogP contribution in [0.4, 0.5) is 11.5 Å². The third-order valence-corrected chi connectivity index (χ3v) is 3.33. The van der Waals surface area contributed by atoms with Gasteiger partial charge >= 0.3 is 0 Å². The van der Waals surface area contributed by atoms with Gasteiger partial charge in [0, 0.05) is 31.0 Å². The lowest BCUT2D eigenvalue weighted by Gasteiger charge is -2.20. The minimum atomic E-state index is 0.644. The summed E-state index contributed by atoms with van der Waals surface area (Å²) in [4.78, 5) is 6.63. The van der Waals surface area contributed by atoms with Gasteiger partial charge in [0.15, 0.2) is 0 Å². The number of nitrogens with zero attached hydrogens (tertiary/aromatic N) is 2. The largest absolute Gasteiger partial charge is 0.385 e. The fourth-order valence-corrected chi connectivity index (χ4v) is 2.38. The summed E-state index contributed by atoms with van der Waals surface area (Å²) in [5, 5.41) is 3.43. The number of anilines is 2. The number of hydrogen-bond donors (Lipinski definition) is 3. The van der Waals surface area contributed by atoms with Crippen molar-refractivity contribution in [2.45, 2.75) is 19.8 Å². The molecule has 0 spiro atoms. The van der Waals surface area contributed by atoms with Crippen LogP contribution in [0.5, 0.6) is 0 Å². The summed E-state index contributed by atoms with van der Waals surface area (Å²) in [5.41, 5.74) is 3.62. The fraction of sp³-hybridized carbons (Fsp3) is 0.615. The molecule has 1 aromatic heterocycles. The molecule has 0 amide bonds. The number of nitrogens with two attached hydrogens (primary N) is 1. The van der Waals surface area contributed by atoms with Crippen molar-refractivity contribution in [3.63, 3.8) is 0 Å². The first-order chi connectivity index (χ1) is 8.78. The van der Waals surface area contributed by atoms with Crippen molar-refractivity contribution in [2.75, 3.05) is 36.9 Å². The molecule has 1 aliphatic rings. The molecule has 1 unspecified atom stereocenters. The molecule has 1 fully saturated rings. The predicted octanol–water partition coefficient (Wildman–Crippen LogP) is 1.51. The summed E-state index contributed by atoms with van der Waals surface area (Å²) in [6.45, 7) is 6.97. The van der Waals surface area contributed by atoms with Gasteiger partial charge in [-0.15, -0.1) is 0 Å². The van der Waals surface area contributed by atoms with Crippen LogP contribution in [0, 0.1) is 5.92 Å². The van der Waals surface area contributed by atoms with Gasteiger partial charge in [0.05, 0.1) is 0 Å². The Bertz CT molecular complexity index is 362. The molecule has 18 heavy (non-hydrogen) atoms. The summed E-state index contributed by atoms with van der Waals surface area (Å²) < 4.78 is 0. The lowest BCUT2D eigenvalue weighted by atomic mass is 10.1. The summed E-state index contributed by atoms with van der Waals surface area (Å²) in [6.07, 6.45) is 4.47. The molecule has 100 valence electrons. The Hall–Kier alpha value is -1.33. The first-order valence-corrected chi connectivity index (χ1v) is 6.67. The predicted molar refractivity (Wildman–Crippen MR) is 75.4 cm³/mol. The molecule has 0 aliphatic carbocycles. The Morgan fingerprint density at radius 2 is 2.22 bits per heavy atom. The van der Waals surface area contributed by atoms with E-state index in [0.29, 0.717) is 11.7 Å². The molecule has 0 saturated carbocycles. The van der Waals surface area contributed by atoms with Crippen molar-refractivity contribution in [1.29, 1.82) is 0 Å². The zero-order valence-electron chi connectivity index (χ0n) is 11.0. The van der Waals surface area contributed by atoms with Crippen molar-refractivity contribution in [1.82, 2.24) is 9.88 Å². The van der Waals surface area contributed by atoms with Crippen LogP contribution in [-0.4, -0.2) is 36.1 Å². The highest BCUT2D eigenvalue weighted by atomic mass is 15.2. The molecule has 1 aromatic rings. The lowest BCUT2D eigenvalue weighted by molar-refractivity contribution is 0.294. The average molecular weight is 249 g/mol. The molecule has 4 N–H and O–H groups in total. The lowest BCUT2D eigenvalue weighted by Crippen LogP contribution is -2.28. The Balaban J connectivity index is 1.75. The SMILES string of the molecule is CC(CNc1ccnc(NN)c1)CN1CCCC1. The number of nitrogens with one attached hydrogen (secondary N) is 2. The zero-order chi connectivity index (χ0) is 12.8. The van der Waals surface area contributed by atoms with Crippen molar-refractivity contribution in [2.24, 2.45) is 11.8 Å². The van der Waals surface area contributed by atoms with Crippen molar-refractivity contribution < 1.29 is 0 Å². The number of hydrogen-bond acceptors (Lipinski definition) is 5. The van der Waals surface area contributed by atoms with Crippen molar-refractivity contribution in [3.05, 3.63) is 18.3 Å². The number of likely N-dealkylation sites (tertiary alicyclic amines) is 1. The molecule has 2 heterocycles. The smallest absolute Gasteiger partial charge is 0.141 e. The van der Waals surface area contributed by atoms with Crippen LogP contribution >= 0.6 is 0 Å². The third-order valence-electron chi connectivity index (χ3n) is 3.33. The van der Waals surface area contributed by atoms with Gasteiger partial charge in [0.2, 0.25) is 0 Å². The molecule has 1 atom stereocenters. The van der Waals surface area contributed by atoms with Crippen LogP contribution in [0.2, 0.25) is 0 Å². The van der Waals surface area contributed by atoms with E-state index in [2.05, 4.69) is 27.6 Å². The van der Waals surface area contributed by atoms with E-state index >= 15 is 0 Å². The average Bonchev–Trinajstić information content (AvgIpc) is 2.89. The van der Waals surface area contributed by atoms with Crippen LogP contribution in [0.3, 0.4) is 0 Å². The van der Waals surface area contributed by atoms with Crippen LogP contribution in [0.1, 0.15) is 19.8 Å². The molecule has 5 heteroatoms. The third kappa shape index (κ3) is 3.85. The topological polar surface area (TPSA) is 66.2 Å². The van der Waals surface area contributed by atoms with Gasteiger partial charge in [-0.1, -0.05) is 6.92 Å². The number of aromatic nitrogens is 1. The second kappa shape index (κ2) is 6.56. The zero-order valence-corrected chi connectivity index (χ0v) is 11.0. The molecule has 1 saturated heterocycles. The van der Waals surface area contributed by atoms with Gasteiger partial charge in [-0.2, -0.15) is 0 Å². The maximum atomic E-state index is 5.34. The Morgan fingerprint density at radius 1 is 1.44 bits per heavy atom. The van der Waals surface area contributed by atoms with Gasteiger partial charge in [0.25, 0.3) is 0 Å². The minimum Gasteiger partial charge on any atom is -0.385 e. The van der Waals surface area contributed by atoms with Crippen LogP contribution < -0.4 is 16.6 Å². The molecule has 0 bridgehead atoms. The number of rotatable bonds is 6. The van der Waals surface area contributed by atoms with E-state index in [-0.39, 0.29) is 0 Å². The van der Waals surface area contributed by atoms with Gasteiger partial charge < -0.3 is 15.6 Å². The fourth-order valence-electron chi connectivity index (χ4n) is 2.38. The second-order valence-electron chi connectivity index (χ2n) is 5.07. The van der Waals surface area contributed by atoms with E-state index in [1.54, 1.807) is 6.20 Å². The summed E-state index contributed by atoms with van der Waals surface area (Å²) in [6, 6.07) is 3.88. The second-order valence-corrected chi connectivity index (χ2v) is 5.07. The van der Waals surface area contributed by atoms with Crippen LogP contribution in [0.15, 0.2) is 18.3 Å². The summed E-state index contributed by atoms with van der Waals surface area (Å²) in [7, 11) is 0. The van der Waals surface area contributed by atoms with Gasteiger partial charge in [-0.25, -0.2) is 10.8 Å². The summed E-state index contributed by atoms with van der Waals surface area (Å²) in [5.74, 6) is 6.67. The van der Waals surface area contributed by atoms with E-state index < -0.39 is 0 Å². The van der Waals surface area contributed by atoms with Crippen molar-refractivity contribution >= 4 is 11.5 Å². The van der Waals surface area contributed by atoms with E-state index in [1.807, 2.05) is 12.1 Å².